The van der Waals surface area contributed by atoms with Crippen LogP contribution in [0.25, 0.3) is 0 Å². The molecule has 1 aliphatic rings. The summed E-state index contributed by atoms with van der Waals surface area (Å²) in [6, 6.07) is 0. The first kappa shape index (κ1) is 19.7. The summed E-state index contributed by atoms with van der Waals surface area (Å²) in [4.78, 5) is 8.73. The molecule has 0 saturated heterocycles. The average molecular weight is 352 g/mol. The Balaban J connectivity index is 1.77. The van der Waals surface area contributed by atoms with Crippen LogP contribution in [0.1, 0.15) is 52.2 Å². The molecule has 7 heteroatoms. The summed E-state index contributed by atoms with van der Waals surface area (Å²) in [5, 5.41) is 16.2. The van der Waals surface area contributed by atoms with Gasteiger partial charge in [0.1, 0.15) is 12.3 Å². The molecule has 1 aliphatic carbocycles. The fourth-order valence-electron chi connectivity index (χ4n) is 2.15. The molecule has 0 amide bonds. The Morgan fingerprint density at radius 2 is 2.20 bits per heavy atom. The molecule has 1 unspecified atom stereocenters. The summed E-state index contributed by atoms with van der Waals surface area (Å²) in [5.41, 5.74) is -0.0672. The predicted octanol–water partition coefficient (Wildman–Crippen LogP) is 1.81. The Morgan fingerprint density at radius 3 is 2.80 bits per heavy atom. The zero-order chi connectivity index (χ0) is 18.3. The van der Waals surface area contributed by atoms with E-state index in [0.29, 0.717) is 37.5 Å². The van der Waals surface area contributed by atoms with Crippen molar-refractivity contribution in [3.8, 4) is 0 Å². The van der Waals surface area contributed by atoms with Gasteiger partial charge >= 0.3 is 0 Å². The van der Waals surface area contributed by atoms with E-state index in [1.165, 1.54) is 12.8 Å². The molecule has 3 N–H and O–H groups in total. The van der Waals surface area contributed by atoms with E-state index in [1.807, 2.05) is 6.92 Å². The van der Waals surface area contributed by atoms with E-state index in [0.717, 1.165) is 18.9 Å². The Labute approximate surface area is 150 Å². The third-order valence-corrected chi connectivity index (χ3v) is 3.88. The Hall–Kier alpha value is -1.60. The molecule has 1 aromatic heterocycles. The van der Waals surface area contributed by atoms with Crippen LogP contribution in [-0.2, 0) is 16.7 Å². The minimum absolute atomic E-state index is 0.0672. The van der Waals surface area contributed by atoms with Gasteiger partial charge in [-0.1, -0.05) is 20.8 Å². The number of oxazole rings is 1. The number of guanidine groups is 1. The van der Waals surface area contributed by atoms with Gasteiger partial charge in [0.15, 0.2) is 5.96 Å². The molecule has 1 atom stereocenters. The third kappa shape index (κ3) is 7.44. The fraction of sp³-hybridized carbons (Fsp3) is 0.778. The lowest BCUT2D eigenvalue weighted by Gasteiger charge is -2.15. The van der Waals surface area contributed by atoms with Gasteiger partial charge in [-0.25, -0.2) is 9.98 Å². The molecule has 0 aromatic carbocycles. The van der Waals surface area contributed by atoms with Crippen molar-refractivity contribution >= 4 is 5.96 Å². The quantitative estimate of drug-likeness (QED) is 0.464. The highest BCUT2D eigenvalue weighted by molar-refractivity contribution is 5.79. The summed E-state index contributed by atoms with van der Waals surface area (Å²) in [6.07, 6.45) is 3.70. The van der Waals surface area contributed by atoms with Crippen LogP contribution in [0.2, 0.25) is 0 Å². The van der Waals surface area contributed by atoms with Crippen molar-refractivity contribution in [2.24, 2.45) is 10.9 Å². The number of nitrogens with zero attached hydrogens (tertiary/aromatic N) is 2. The van der Waals surface area contributed by atoms with Crippen molar-refractivity contribution in [1.82, 2.24) is 15.6 Å². The van der Waals surface area contributed by atoms with E-state index >= 15 is 0 Å². The third-order valence-electron chi connectivity index (χ3n) is 3.88. The molecule has 142 valence electrons. The van der Waals surface area contributed by atoms with Gasteiger partial charge in [-0.3, -0.25) is 0 Å². The number of rotatable bonds is 9. The van der Waals surface area contributed by atoms with E-state index < -0.39 is 6.10 Å². The van der Waals surface area contributed by atoms with E-state index in [-0.39, 0.29) is 5.41 Å². The van der Waals surface area contributed by atoms with Crippen LogP contribution in [-0.4, -0.2) is 48.5 Å². The van der Waals surface area contributed by atoms with E-state index in [2.05, 4.69) is 41.4 Å². The lowest BCUT2D eigenvalue weighted by Crippen LogP contribution is -2.42. The van der Waals surface area contributed by atoms with E-state index in [1.54, 1.807) is 6.20 Å². The Kier molecular flexibility index (Phi) is 7.25. The second-order valence-corrected chi connectivity index (χ2v) is 7.58. The Bertz CT molecular complexity index is 547. The van der Waals surface area contributed by atoms with Crippen molar-refractivity contribution in [2.75, 3.05) is 26.3 Å². The standard InChI is InChI=1S/C18H32N4O3/c1-5-19-17(21-8-14(23)12-24-11-13-6-7-13)22-10-16-20-9-15(25-16)18(2,3)4/h9,13-14,23H,5-8,10-12H2,1-4H3,(H2,19,21,22). The highest BCUT2D eigenvalue weighted by atomic mass is 16.5. The van der Waals surface area contributed by atoms with Gasteiger partial charge in [-0.2, -0.15) is 0 Å². The first-order valence-electron chi connectivity index (χ1n) is 9.11. The maximum absolute atomic E-state index is 9.98. The highest BCUT2D eigenvalue weighted by Crippen LogP contribution is 2.28. The summed E-state index contributed by atoms with van der Waals surface area (Å²) in [6.45, 7) is 10.8. The number of aliphatic hydroxyl groups is 1. The molecular formula is C18H32N4O3. The minimum Gasteiger partial charge on any atom is -0.443 e. The van der Waals surface area contributed by atoms with Crippen molar-refractivity contribution < 1.29 is 14.3 Å². The predicted molar refractivity (Wildman–Crippen MR) is 97.6 cm³/mol. The van der Waals surface area contributed by atoms with Crippen LogP contribution < -0.4 is 10.6 Å². The van der Waals surface area contributed by atoms with Crippen LogP contribution in [0.15, 0.2) is 15.6 Å². The summed E-state index contributed by atoms with van der Waals surface area (Å²) >= 11 is 0. The van der Waals surface area contributed by atoms with Crippen LogP contribution in [0.4, 0.5) is 0 Å². The number of aliphatic imine (C=N–C) groups is 1. The molecule has 1 heterocycles. The maximum Gasteiger partial charge on any atom is 0.216 e. The van der Waals surface area contributed by atoms with Gasteiger partial charge in [0, 0.05) is 25.1 Å². The molecule has 25 heavy (non-hydrogen) atoms. The van der Waals surface area contributed by atoms with E-state index in [9.17, 15) is 5.11 Å². The van der Waals surface area contributed by atoms with Crippen molar-refractivity contribution in [3.05, 3.63) is 17.8 Å². The average Bonchev–Trinajstić information content (AvgIpc) is 3.23. The molecule has 1 saturated carbocycles. The molecule has 7 nitrogen and oxygen atoms in total. The number of hydrogen-bond acceptors (Lipinski definition) is 5. The first-order valence-corrected chi connectivity index (χ1v) is 9.11. The number of nitrogens with one attached hydrogen (secondary N) is 2. The van der Waals surface area contributed by atoms with Gasteiger partial charge in [0.05, 0.1) is 18.9 Å². The van der Waals surface area contributed by atoms with Crippen LogP contribution >= 0.6 is 0 Å². The molecular weight excluding hydrogens is 320 g/mol. The van der Waals surface area contributed by atoms with Gasteiger partial charge in [-0.15, -0.1) is 0 Å². The van der Waals surface area contributed by atoms with Gasteiger partial charge in [0.25, 0.3) is 0 Å². The second-order valence-electron chi connectivity index (χ2n) is 7.58. The topological polar surface area (TPSA) is 91.9 Å². The van der Waals surface area contributed by atoms with E-state index in [4.69, 9.17) is 9.15 Å². The smallest absolute Gasteiger partial charge is 0.216 e. The highest BCUT2D eigenvalue weighted by Gasteiger charge is 2.21. The first-order chi connectivity index (χ1) is 11.9. The number of aliphatic hydroxyl groups excluding tert-OH is 1. The summed E-state index contributed by atoms with van der Waals surface area (Å²) in [7, 11) is 0. The molecule has 1 aromatic rings. The molecule has 0 bridgehead atoms. The monoisotopic (exact) mass is 352 g/mol. The molecule has 2 rings (SSSR count). The normalized spacial score (nSPS) is 16.8. The lowest BCUT2D eigenvalue weighted by atomic mass is 9.94. The maximum atomic E-state index is 9.98. The van der Waals surface area contributed by atoms with Gasteiger partial charge in [0.2, 0.25) is 5.89 Å². The van der Waals surface area contributed by atoms with Crippen molar-refractivity contribution in [3.63, 3.8) is 0 Å². The minimum atomic E-state index is -0.558. The molecule has 0 spiro atoms. The summed E-state index contributed by atoms with van der Waals surface area (Å²) in [5.74, 6) is 2.76. The van der Waals surface area contributed by atoms with Crippen molar-refractivity contribution in [2.45, 2.75) is 58.6 Å². The molecule has 0 radical (unpaired) electrons. The number of ether oxygens (including phenoxy) is 1. The summed E-state index contributed by atoms with van der Waals surface area (Å²) < 4.78 is 11.2. The Morgan fingerprint density at radius 1 is 1.44 bits per heavy atom. The van der Waals surface area contributed by atoms with Crippen LogP contribution in [0.5, 0.6) is 0 Å². The zero-order valence-electron chi connectivity index (χ0n) is 15.8. The fourth-order valence-corrected chi connectivity index (χ4v) is 2.15. The second kappa shape index (κ2) is 9.20. The van der Waals surface area contributed by atoms with Gasteiger partial charge in [-0.05, 0) is 25.7 Å². The largest absolute Gasteiger partial charge is 0.443 e. The van der Waals surface area contributed by atoms with Crippen molar-refractivity contribution in [1.29, 1.82) is 0 Å². The molecule has 1 fully saturated rings. The SMILES string of the molecule is CCNC(=NCc1ncc(C(C)(C)C)o1)NCC(O)COCC1CC1. The zero-order valence-corrected chi connectivity index (χ0v) is 15.8. The number of aromatic nitrogens is 1. The van der Waals surface area contributed by atoms with Crippen LogP contribution in [0.3, 0.4) is 0 Å². The van der Waals surface area contributed by atoms with Crippen LogP contribution in [0, 0.1) is 5.92 Å². The lowest BCUT2D eigenvalue weighted by molar-refractivity contribution is 0.0345. The molecule has 0 aliphatic heterocycles. The number of hydrogen-bond donors (Lipinski definition) is 3. The van der Waals surface area contributed by atoms with Gasteiger partial charge < -0.3 is 24.9 Å².